The van der Waals surface area contributed by atoms with Gasteiger partial charge in [-0.3, -0.25) is 4.79 Å². The number of fused-ring (bicyclic) bond motifs is 1. The van der Waals surface area contributed by atoms with Crippen molar-refractivity contribution in [3.63, 3.8) is 0 Å². The summed E-state index contributed by atoms with van der Waals surface area (Å²) in [5.74, 6) is -0.0724. The molecular formula is C18H14F3NO2. The monoisotopic (exact) mass is 333 g/mol. The van der Waals surface area contributed by atoms with Crippen molar-refractivity contribution >= 4 is 17.7 Å². The molecule has 0 saturated heterocycles. The molecule has 1 amide bonds. The predicted octanol–water partition coefficient (Wildman–Crippen LogP) is 4.43. The minimum Gasteiger partial charge on any atom is -0.488 e. The Kier molecular flexibility index (Phi) is 4.05. The van der Waals surface area contributed by atoms with Crippen LogP contribution in [-0.2, 0) is 11.0 Å². The molecule has 0 unspecified atom stereocenters. The predicted molar refractivity (Wildman–Crippen MR) is 84.7 cm³/mol. The number of benzene rings is 2. The molecule has 0 spiro atoms. The highest BCUT2D eigenvalue weighted by molar-refractivity contribution is 6.07. The molecule has 1 heterocycles. The van der Waals surface area contributed by atoms with Crippen molar-refractivity contribution in [2.24, 2.45) is 0 Å². The number of ether oxygens (including phenoxy) is 1. The number of anilines is 1. The summed E-state index contributed by atoms with van der Waals surface area (Å²) in [7, 11) is 0. The molecule has 1 N–H and O–H groups in total. The Labute approximate surface area is 136 Å². The zero-order valence-electron chi connectivity index (χ0n) is 12.8. The Hall–Kier alpha value is -2.76. The zero-order valence-corrected chi connectivity index (χ0v) is 12.8. The molecule has 0 saturated carbocycles. The van der Waals surface area contributed by atoms with E-state index in [0.717, 1.165) is 17.7 Å². The van der Waals surface area contributed by atoms with Crippen LogP contribution in [0.3, 0.4) is 0 Å². The number of amides is 1. The van der Waals surface area contributed by atoms with Gasteiger partial charge < -0.3 is 10.1 Å². The van der Waals surface area contributed by atoms with E-state index in [1.807, 2.05) is 19.1 Å². The SMILES string of the molecule is Cc1ccc(NC(=O)C2=Cc3cc(C(F)(F)F)ccc3OC2)cc1. The van der Waals surface area contributed by atoms with Crippen LogP contribution in [-0.4, -0.2) is 12.5 Å². The van der Waals surface area contributed by atoms with Crippen molar-refractivity contribution in [2.45, 2.75) is 13.1 Å². The summed E-state index contributed by atoms with van der Waals surface area (Å²) in [6, 6.07) is 10.4. The van der Waals surface area contributed by atoms with Crippen LogP contribution in [0.15, 0.2) is 48.0 Å². The molecule has 0 atom stereocenters. The van der Waals surface area contributed by atoms with Gasteiger partial charge in [0, 0.05) is 11.3 Å². The molecule has 0 bridgehead atoms. The van der Waals surface area contributed by atoms with E-state index < -0.39 is 17.6 Å². The Balaban J connectivity index is 1.84. The van der Waals surface area contributed by atoms with Gasteiger partial charge in [0.15, 0.2) is 0 Å². The fourth-order valence-corrected chi connectivity index (χ4v) is 2.33. The molecule has 2 aromatic rings. The smallest absolute Gasteiger partial charge is 0.416 e. The van der Waals surface area contributed by atoms with E-state index in [1.165, 1.54) is 12.1 Å². The molecule has 0 radical (unpaired) electrons. The van der Waals surface area contributed by atoms with Crippen molar-refractivity contribution in [2.75, 3.05) is 11.9 Å². The Bertz CT molecular complexity index is 808. The number of carbonyl (C=O) groups excluding carboxylic acids is 1. The summed E-state index contributed by atoms with van der Waals surface area (Å²) in [5.41, 5.74) is 1.40. The summed E-state index contributed by atoms with van der Waals surface area (Å²) in [4.78, 5) is 12.3. The third-order valence-corrected chi connectivity index (χ3v) is 3.65. The highest BCUT2D eigenvalue weighted by Gasteiger charge is 2.31. The molecule has 0 aromatic heterocycles. The minimum atomic E-state index is -4.44. The number of nitrogens with one attached hydrogen (secondary N) is 1. The highest BCUT2D eigenvalue weighted by atomic mass is 19.4. The number of halogens is 3. The third-order valence-electron chi connectivity index (χ3n) is 3.65. The van der Waals surface area contributed by atoms with Crippen LogP contribution < -0.4 is 10.1 Å². The number of alkyl halides is 3. The van der Waals surface area contributed by atoms with E-state index in [0.29, 0.717) is 11.4 Å². The fourth-order valence-electron chi connectivity index (χ4n) is 2.33. The molecule has 24 heavy (non-hydrogen) atoms. The van der Waals surface area contributed by atoms with Crippen molar-refractivity contribution in [3.8, 4) is 5.75 Å². The van der Waals surface area contributed by atoms with Gasteiger partial charge in [-0.1, -0.05) is 17.7 Å². The number of hydrogen-bond donors (Lipinski definition) is 1. The molecule has 124 valence electrons. The van der Waals surface area contributed by atoms with Crippen LogP contribution in [0, 0.1) is 6.92 Å². The fraction of sp³-hybridized carbons (Fsp3) is 0.167. The lowest BCUT2D eigenvalue weighted by Crippen LogP contribution is -2.21. The first-order valence-electron chi connectivity index (χ1n) is 7.25. The number of carbonyl (C=O) groups is 1. The van der Waals surface area contributed by atoms with Crippen LogP contribution in [0.5, 0.6) is 5.75 Å². The van der Waals surface area contributed by atoms with Crippen molar-refractivity contribution in [1.82, 2.24) is 0 Å². The van der Waals surface area contributed by atoms with E-state index in [4.69, 9.17) is 4.74 Å². The van der Waals surface area contributed by atoms with Gasteiger partial charge in [0.1, 0.15) is 12.4 Å². The second-order valence-corrected chi connectivity index (χ2v) is 5.53. The maximum absolute atomic E-state index is 12.8. The first kappa shape index (κ1) is 16.1. The quantitative estimate of drug-likeness (QED) is 0.883. The van der Waals surface area contributed by atoms with E-state index in [-0.39, 0.29) is 17.7 Å². The van der Waals surface area contributed by atoms with Gasteiger partial charge in [-0.15, -0.1) is 0 Å². The Morgan fingerprint density at radius 2 is 1.83 bits per heavy atom. The lowest BCUT2D eigenvalue weighted by Gasteiger charge is -2.19. The Morgan fingerprint density at radius 3 is 2.50 bits per heavy atom. The van der Waals surface area contributed by atoms with Gasteiger partial charge in [0.2, 0.25) is 0 Å². The van der Waals surface area contributed by atoms with Crippen LogP contribution in [0.4, 0.5) is 18.9 Å². The summed E-state index contributed by atoms with van der Waals surface area (Å²) in [6.45, 7) is 1.94. The average molecular weight is 333 g/mol. The van der Waals surface area contributed by atoms with Crippen LogP contribution in [0.25, 0.3) is 6.08 Å². The average Bonchev–Trinajstić information content (AvgIpc) is 2.55. The molecule has 0 aliphatic carbocycles. The second-order valence-electron chi connectivity index (χ2n) is 5.53. The minimum absolute atomic E-state index is 0.00998. The van der Waals surface area contributed by atoms with E-state index >= 15 is 0 Å². The summed E-state index contributed by atoms with van der Waals surface area (Å²) >= 11 is 0. The zero-order chi connectivity index (χ0) is 17.3. The lowest BCUT2D eigenvalue weighted by molar-refractivity contribution is -0.137. The van der Waals surface area contributed by atoms with Crippen molar-refractivity contribution in [1.29, 1.82) is 0 Å². The van der Waals surface area contributed by atoms with Gasteiger partial charge in [-0.25, -0.2) is 0 Å². The van der Waals surface area contributed by atoms with Gasteiger partial charge >= 0.3 is 6.18 Å². The molecule has 0 fully saturated rings. The van der Waals surface area contributed by atoms with Gasteiger partial charge in [-0.05, 0) is 43.3 Å². The van der Waals surface area contributed by atoms with E-state index in [9.17, 15) is 18.0 Å². The second kappa shape index (κ2) is 6.03. The topological polar surface area (TPSA) is 38.3 Å². The normalized spacial score (nSPS) is 13.6. The molecule has 6 heteroatoms. The molecule has 3 nitrogen and oxygen atoms in total. The first-order chi connectivity index (χ1) is 11.3. The molecule has 1 aliphatic heterocycles. The summed E-state index contributed by atoms with van der Waals surface area (Å²) in [5, 5.41) is 2.71. The highest BCUT2D eigenvalue weighted by Crippen LogP contribution is 2.35. The largest absolute Gasteiger partial charge is 0.488 e. The lowest BCUT2D eigenvalue weighted by atomic mass is 10.0. The number of hydrogen-bond acceptors (Lipinski definition) is 2. The maximum atomic E-state index is 12.8. The van der Waals surface area contributed by atoms with E-state index in [2.05, 4.69) is 5.32 Å². The summed E-state index contributed by atoms with van der Waals surface area (Å²) in [6.07, 6.45) is -3.01. The van der Waals surface area contributed by atoms with Crippen molar-refractivity contribution < 1.29 is 22.7 Å². The van der Waals surface area contributed by atoms with Gasteiger partial charge in [0.25, 0.3) is 5.91 Å². The first-order valence-corrected chi connectivity index (χ1v) is 7.25. The van der Waals surface area contributed by atoms with E-state index in [1.54, 1.807) is 12.1 Å². The van der Waals surface area contributed by atoms with Crippen LogP contribution >= 0.6 is 0 Å². The van der Waals surface area contributed by atoms with Crippen molar-refractivity contribution in [3.05, 3.63) is 64.7 Å². The number of aryl methyl sites for hydroxylation is 1. The standard InChI is InChI=1S/C18H14F3NO2/c1-11-2-5-15(6-3-11)22-17(23)13-8-12-9-14(18(19,20)21)4-7-16(12)24-10-13/h2-9H,10H2,1H3,(H,22,23). The number of rotatable bonds is 2. The summed E-state index contributed by atoms with van der Waals surface area (Å²) < 4.78 is 43.8. The van der Waals surface area contributed by atoms with Gasteiger partial charge in [0.05, 0.1) is 11.1 Å². The molecule has 2 aromatic carbocycles. The maximum Gasteiger partial charge on any atom is 0.416 e. The molecular weight excluding hydrogens is 319 g/mol. The Morgan fingerprint density at radius 1 is 1.12 bits per heavy atom. The van der Waals surface area contributed by atoms with Crippen LogP contribution in [0.1, 0.15) is 16.7 Å². The molecule has 3 rings (SSSR count). The third kappa shape index (κ3) is 3.42. The molecule has 1 aliphatic rings. The van der Waals surface area contributed by atoms with Crippen LogP contribution in [0.2, 0.25) is 0 Å². The van der Waals surface area contributed by atoms with Gasteiger partial charge in [-0.2, -0.15) is 13.2 Å².